The summed E-state index contributed by atoms with van der Waals surface area (Å²) in [5, 5.41) is 3.24. The third-order valence-electron chi connectivity index (χ3n) is 2.56. The number of imidazole rings is 1. The van der Waals surface area contributed by atoms with Gasteiger partial charge >= 0.3 is 0 Å². The molecule has 0 saturated heterocycles. The second-order valence-electron chi connectivity index (χ2n) is 4.25. The maximum Gasteiger partial charge on any atom is 0.223 e. The fourth-order valence-corrected chi connectivity index (χ4v) is 1.57. The normalized spacial score (nSPS) is 10.5. The van der Waals surface area contributed by atoms with Gasteiger partial charge in [0.1, 0.15) is 5.82 Å². The maximum absolute atomic E-state index is 11.3. The van der Waals surface area contributed by atoms with E-state index in [9.17, 15) is 4.79 Å². The van der Waals surface area contributed by atoms with Gasteiger partial charge in [-0.25, -0.2) is 4.98 Å². The number of hydrogen-bond donors (Lipinski definition) is 1. The summed E-state index contributed by atoms with van der Waals surface area (Å²) in [6.45, 7) is 4.55. The highest BCUT2D eigenvalue weighted by atomic mass is 16.2. The van der Waals surface area contributed by atoms with Crippen LogP contribution in [0.5, 0.6) is 0 Å². The van der Waals surface area contributed by atoms with Crippen molar-refractivity contribution in [3.8, 4) is 0 Å². The molecule has 1 rings (SSSR count). The summed E-state index contributed by atoms with van der Waals surface area (Å²) in [4.78, 5) is 17.2. The van der Waals surface area contributed by atoms with E-state index in [-0.39, 0.29) is 5.91 Å². The molecular weight excluding hydrogens is 216 g/mol. The molecule has 0 spiro atoms. The molecule has 1 N–H and O–H groups in total. The van der Waals surface area contributed by atoms with Gasteiger partial charge in [0.25, 0.3) is 0 Å². The molecule has 0 aliphatic rings. The lowest BCUT2D eigenvalue weighted by molar-refractivity contribution is -0.128. The first-order valence-corrected chi connectivity index (χ1v) is 6.06. The average Bonchev–Trinajstić information content (AvgIpc) is 2.72. The summed E-state index contributed by atoms with van der Waals surface area (Å²) in [5.41, 5.74) is 0. The molecule has 5 heteroatoms. The van der Waals surface area contributed by atoms with E-state index in [1.807, 2.05) is 12.4 Å². The van der Waals surface area contributed by atoms with Crippen LogP contribution in [-0.4, -0.2) is 41.0 Å². The number of aromatic nitrogens is 2. The van der Waals surface area contributed by atoms with Crippen molar-refractivity contribution in [3.63, 3.8) is 0 Å². The second-order valence-corrected chi connectivity index (χ2v) is 4.25. The standard InChI is InChI=1S/C12H22N4O/c1-4-8-16-9-7-14-11(16)10-13-6-5-12(17)15(2)3/h7,9,13H,4-6,8,10H2,1-3H3. The molecule has 0 fully saturated rings. The Hall–Kier alpha value is -1.36. The first-order valence-electron chi connectivity index (χ1n) is 6.06. The predicted molar refractivity (Wildman–Crippen MR) is 67.5 cm³/mol. The SMILES string of the molecule is CCCn1ccnc1CNCCC(=O)N(C)C. The van der Waals surface area contributed by atoms with Gasteiger partial charge in [0.15, 0.2) is 0 Å². The number of carbonyl (C=O) groups is 1. The molecule has 1 aromatic heterocycles. The monoisotopic (exact) mass is 238 g/mol. The molecule has 17 heavy (non-hydrogen) atoms. The summed E-state index contributed by atoms with van der Waals surface area (Å²) in [5.74, 6) is 1.18. The smallest absolute Gasteiger partial charge is 0.223 e. The molecule has 0 unspecified atom stereocenters. The Balaban J connectivity index is 2.26. The van der Waals surface area contributed by atoms with Gasteiger partial charge in [-0.1, -0.05) is 6.92 Å². The summed E-state index contributed by atoms with van der Waals surface area (Å²) in [6.07, 6.45) is 5.44. The quantitative estimate of drug-likeness (QED) is 0.717. The number of rotatable bonds is 7. The van der Waals surface area contributed by atoms with Crippen molar-refractivity contribution in [1.29, 1.82) is 0 Å². The molecule has 0 bridgehead atoms. The zero-order valence-corrected chi connectivity index (χ0v) is 10.9. The molecule has 5 nitrogen and oxygen atoms in total. The molecule has 0 radical (unpaired) electrons. The molecular formula is C12H22N4O. The highest BCUT2D eigenvalue weighted by Gasteiger charge is 2.04. The lowest BCUT2D eigenvalue weighted by Gasteiger charge is -2.11. The minimum Gasteiger partial charge on any atom is -0.349 e. The molecule has 96 valence electrons. The number of amides is 1. The molecule has 1 amide bonds. The van der Waals surface area contributed by atoms with E-state index in [1.165, 1.54) is 0 Å². The summed E-state index contributed by atoms with van der Waals surface area (Å²) in [7, 11) is 3.55. The Morgan fingerprint density at radius 2 is 2.29 bits per heavy atom. The van der Waals surface area contributed by atoms with Crippen molar-refractivity contribution in [2.75, 3.05) is 20.6 Å². The first-order chi connectivity index (χ1) is 8.15. The Kier molecular flexibility index (Phi) is 5.69. The van der Waals surface area contributed by atoms with Crippen molar-refractivity contribution in [2.24, 2.45) is 0 Å². The number of carbonyl (C=O) groups excluding carboxylic acids is 1. The van der Waals surface area contributed by atoms with Crippen LogP contribution in [0.4, 0.5) is 0 Å². The third kappa shape index (κ3) is 4.56. The van der Waals surface area contributed by atoms with Crippen LogP contribution in [0.1, 0.15) is 25.6 Å². The van der Waals surface area contributed by atoms with Crippen LogP contribution in [0.15, 0.2) is 12.4 Å². The Bertz CT molecular complexity index is 346. The number of nitrogens with zero attached hydrogens (tertiary/aromatic N) is 3. The molecule has 0 saturated carbocycles. The number of hydrogen-bond acceptors (Lipinski definition) is 3. The van der Waals surface area contributed by atoms with Crippen LogP contribution in [0.2, 0.25) is 0 Å². The second kappa shape index (κ2) is 7.06. The van der Waals surface area contributed by atoms with Gasteiger partial charge in [-0.15, -0.1) is 0 Å². The lowest BCUT2D eigenvalue weighted by atomic mass is 10.3. The van der Waals surface area contributed by atoms with E-state index in [0.29, 0.717) is 19.5 Å². The third-order valence-corrected chi connectivity index (χ3v) is 2.56. The van der Waals surface area contributed by atoms with Crippen molar-refractivity contribution in [3.05, 3.63) is 18.2 Å². The molecule has 0 aliphatic heterocycles. The summed E-state index contributed by atoms with van der Waals surface area (Å²) in [6, 6.07) is 0. The van der Waals surface area contributed by atoms with Gasteiger partial charge in [-0.3, -0.25) is 4.79 Å². The average molecular weight is 238 g/mol. The fourth-order valence-electron chi connectivity index (χ4n) is 1.57. The number of nitrogens with one attached hydrogen (secondary N) is 1. The van der Waals surface area contributed by atoms with Gasteiger partial charge in [0, 0.05) is 46.0 Å². The topological polar surface area (TPSA) is 50.2 Å². The van der Waals surface area contributed by atoms with Crippen molar-refractivity contribution in [2.45, 2.75) is 32.9 Å². The maximum atomic E-state index is 11.3. The lowest BCUT2D eigenvalue weighted by Crippen LogP contribution is -2.27. The van der Waals surface area contributed by atoms with E-state index in [2.05, 4.69) is 21.8 Å². The Labute approximate surface area is 103 Å². The van der Waals surface area contributed by atoms with Crippen LogP contribution in [-0.2, 0) is 17.9 Å². The minimum atomic E-state index is 0.148. The van der Waals surface area contributed by atoms with E-state index in [0.717, 1.165) is 18.8 Å². The van der Waals surface area contributed by atoms with Gasteiger partial charge in [-0.2, -0.15) is 0 Å². The van der Waals surface area contributed by atoms with Crippen LogP contribution in [0.25, 0.3) is 0 Å². The molecule has 0 atom stereocenters. The van der Waals surface area contributed by atoms with Gasteiger partial charge in [0.2, 0.25) is 5.91 Å². The molecule has 1 heterocycles. The van der Waals surface area contributed by atoms with E-state index in [1.54, 1.807) is 19.0 Å². The highest BCUT2D eigenvalue weighted by molar-refractivity contribution is 5.75. The van der Waals surface area contributed by atoms with E-state index < -0.39 is 0 Å². The molecule has 1 aromatic rings. The van der Waals surface area contributed by atoms with E-state index >= 15 is 0 Å². The summed E-state index contributed by atoms with van der Waals surface area (Å²) < 4.78 is 2.14. The fraction of sp³-hybridized carbons (Fsp3) is 0.667. The number of aryl methyl sites for hydroxylation is 1. The van der Waals surface area contributed by atoms with Gasteiger partial charge in [0.05, 0.1) is 6.54 Å². The molecule has 0 aromatic carbocycles. The minimum absolute atomic E-state index is 0.148. The van der Waals surface area contributed by atoms with Gasteiger partial charge < -0.3 is 14.8 Å². The van der Waals surface area contributed by atoms with Crippen molar-refractivity contribution < 1.29 is 4.79 Å². The van der Waals surface area contributed by atoms with Gasteiger partial charge in [-0.05, 0) is 6.42 Å². The first kappa shape index (κ1) is 13.7. The Morgan fingerprint density at radius 3 is 2.94 bits per heavy atom. The van der Waals surface area contributed by atoms with Crippen LogP contribution >= 0.6 is 0 Å². The zero-order chi connectivity index (χ0) is 12.7. The zero-order valence-electron chi connectivity index (χ0n) is 10.9. The Morgan fingerprint density at radius 1 is 1.53 bits per heavy atom. The van der Waals surface area contributed by atoms with Crippen LogP contribution in [0, 0.1) is 0 Å². The predicted octanol–water partition coefficient (Wildman–Crippen LogP) is 0.861. The van der Waals surface area contributed by atoms with Crippen molar-refractivity contribution >= 4 is 5.91 Å². The largest absolute Gasteiger partial charge is 0.349 e. The highest BCUT2D eigenvalue weighted by Crippen LogP contribution is 1.99. The van der Waals surface area contributed by atoms with Crippen LogP contribution in [0.3, 0.4) is 0 Å². The van der Waals surface area contributed by atoms with Crippen LogP contribution < -0.4 is 5.32 Å². The van der Waals surface area contributed by atoms with Crippen molar-refractivity contribution in [1.82, 2.24) is 19.8 Å². The summed E-state index contributed by atoms with van der Waals surface area (Å²) >= 11 is 0. The molecule has 0 aliphatic carbocycles. The van der Waals surface area contributed by atoms with E-state index in [4.69, 9.17) is 0 Å².